The van der Waals surface area contributed by atoms with Crippen LogP contribution in [0.2, 0.25) is 0 Å². The molecule has 1 amide bonds. The van der Waals surface area contributed by atoms with Crippen LogP contribution in [-0.2, 0) is 17.6 Å². The van der Waals surface area contributed by atoms with Crippen molar-refractivity contribution in [3.8, 4) is 11.5 Å². The van der Waals surface area contributed by atoms with E-state index in [4.69, 9.17) is 9.47 Å². The van der Waals surface area contributed by atoms with Gasteiger partial charge in [0.15, 0.2) is 11.5 Å². The van der Waals surface area contributed by atoms with Crippen molar-refractivity contribution in [3.05, 3.63) is 84.2 Å². The standard InChI is InChI=1S/C29H33N3O3/c1-34-27-14-13-24(20-28(27)35-26-11-7-12-26)31-16-17-32(29(33)19-23-10-5-6-15-30-23)25(21-31)18-22-8-3-2-4-9-22/h2-6,8-10,13-15,20,25-26H,7,11-12,16-19,21H2,1H3/t25-/m0/s1. The molecule has 0 unspecified atom stereocenters. The average Bonchev–Trinajstić information content (AvgIpc) is 2.87. The molecule has 1 aliphatic carbocycles. The molecule has 2 aromatic carbocycles. The zero-order chi connectivity index (χ0) is 24.0. The molecule has 0 N–H and O–H groups in total. The third kappa shape index (κ3) is 5.59. The Kier molecular flexibility index (Phi) is 7.17. The predicted molar refractivity (Wildman–Crippen MR) is 137 cm³/mol. The number of rotatable bonds is 8. The molecule has 1 saturated carbocycles. The van der Waals surface area contributed by atoms with Gasteiger partial charge < -0.3 is 19.3 Å². The number of aromatic nitrogens is 1. The molecule has 2 fully saturated rings. The van der Waals surface area contributed by atoms with Gasteiger partial charge in [-0.3, -0.25) is 9.78 Å². The minimum absolute atomic E-state index is 0.0699. The summed E-state index contributed by atoms with van der Waals surface area (Å²) < 4.78 is 11.8. The summed E-state index contributed by atoms with van der Waals surface area (Å²) in [7, 11) is 1.69. The topological polar surface area (TPSA) is 54.9 Å². The predicted octanol–water partition coefficient (Wildman–Crippen LogP) is 4.52. The Hall–Kier alpha value is -3.54. The second kappa shape index (κ2) is 10.8. The summed E-state index contributed by atoms with van der Waals surface area (Å²) in [6, 6.07) is 22.4. The maximum atomic E-state index is 13.3. The molecular weight excluding hydrogens is 438 g/mol. The molecule has 1 aromatic heterocycles. The number of hydrogen-bond donors (Lipinski definition) is 0. The van der Waals surface area contributed by atoms with Gasteiger partial charge in [-0.05, 0) is 55.5 Å². The lowest BCUT2D eigenvalue weighted by Crippen LogP contribution is -2.56. The molecule has 1 saturated heterocycles. The zero-order valence-corrected chi connectivity index (χ0v) is 20.3. The molecule has 3 aromatic rings. The molecule has 2 heterocycles. The minimum Gasteiger partial charge on any atom is -0.493 e. The van der Waals surface area contributed by atoms with Crippen LogP contribution in [0.1, 0.15) is 30.5 Å². The third-order valence-corrected chi connectivity index (χ3v) is 7.03. The highest BCUT2D eigenvalue weighted by Gasteiger charge is 2.31. The van der Waals surface area contributed by atoms with Crippen LogP contribution in [0.5, 0.6) is 11.5 Å². The fraction of sp³-hybridized carbons (Fsp3) is 0.379. The van der Waals surface area contributed by atoms with Gasteiger partial charge in [-0.15, -0.1) is 0 Å². The second-order valence-corrected chi connectivity index (χ2v) is 9.38. The summed E-state index contributed by atoms with van der Waals surface area (Å²) in [6.07, 6.45) is 6.59. The van der Waals surface area contributed by atoms with Gasteiger partial charge in [0.1, 0.15) is 0 Å². The SMILES string of the molecule is COc1ccc(N2CCN(C(=O)Cc3ccccn3)[C@@H](Cc3ccccc3)C2)cc1OC1CCC1. The molecule has 35 heavy (non-hydrogen) atoms. The number of carbonyl (C=O) groups is 1. The van der Waals surface area contributed by atoms with Gasteiger partial charge >= 0.3 is 0 Å². The number of amides is 1. The summed E-state index contributed by atoms with van der Waals surface area (Å²) in [5, 5.41) is 0. The third-order valence-electron chi connectivity index (χ3n) is 7.03. The number of benzene rings is 2. The molecule has 2 aliphatic rings. The first-order valence-corrected chi connectivity index (χ1v) is 12.5. The maximum absolute atomic E-state index is 13.3. The highest BCUT2D eigenvalue weighted by atomic mass is 16.5. The van der Waals surface area contributed by atoms with E-state index in [0.29, 0.717) is 13.0 Å². The quantitative estimate of drug-likeness (QED) is 0.483. The van der Waals surface area contributed by atoms with E-state index in [-0.39, 0.29) is 18.1 Å². The number of ether oxygens (including phenoxy) is 2. The minimum atomic E-state index is 0.0699. The monoisotopic (exact) mass is 471 g/mol. The number of methoxy groups -OCH3 is 1. The van der Waals surface area contributed by atoms with Crippen LogP contribution < -0.4 is 14.4 Å². The van der Waals surface area contributed by atoms with Gasteiger partial charge in [0, 0.05) is 43.3 Å². The molecular formula is C29H33N3O3. The lowest BCUT2D eigenvalue weighted by Gasteiger charge is -2.43. The van der Waals surface area contributed by atoms with Crippen molar-refractivity contribution in [2.45, 2.75) is 44.2 Å². The van der Waals surface area contributed by atoms with Crippen LogP contribution in [0, 0.1) is 0 Å². The first-order chi connectivity index (χ1) is 17.2. The summed E-state index contributed by atoms with van der Waals surface area (Å²) in [4.78, 5) is 22.1. The van der Waals surface area contributed by atoms with E-state index in [1.807, 2.05) is 35.2 Å². The Labute approximate surface area is 207 Å². The van der Waals surface area contributed by atoms with Crippen LogP contribution >= 0.6 is 0 Å². The molecule has 1 atom stereocenters. The van der Waals surface area contributed by atoms with E-state index in [9.17, 15) is 4.79 Å². The second-order valence-electron chi connectivity index (χ2n) is 9.38. The van der Waals surface area contributed by atoms with Crippen molar-refractivity contribution in [3.63, 3.8) is 0 Å². The Morgan fingerprint density at radius 2 is 1.83 bits per heavy atom. The molecule has 0 radical (unpaired) electrons. The largest absolute Gasteiger partial charge is 0.493 e. The van der Waals surface area contributed by atoms with E-state index in [1.165, 1.54) is 12.0 Å². The molecule has 1 aliphatic heterocycles. The van der Waals surface area contributed by atoms with E-state index in [0.717, 1.165) is 55.2 Å². The first kappa shape index (κ1) is 23.2. The summed E-state index contributed by atoms with van der Waals surface area (Å²) in [5.41, 5.74) is 3.15. The number of pyridine rings is 1. The number of nitrogens with zero attached hydrogens (tertiary/aromatic N) is 3. The summed E-state index contributed by atoms with van der Waals surface area (Å²) in [5.74, 6) is 1.71. The Balaban J connectivity index is 1.35. The van der Waals surface area contributed by atoms with Gasteiger partial charge in [-0.1, -0.05) is 36.4 Å². The maximum Gasteiger partial charge on any atom is 0.228 e. The van der Waals surface area contributed by atoms with Crippen molar-refractivity contribution in [1.82, 2.24) is 9.88 Å². The van der Waals surface area contributed by atoms with Crippen LogP contribution in [-0.4, -0.2) is 54.7 Å². The van der Waals surface area contributed by atoms with Crippen LogP contribution in [0.4, 0.5) is 5.69 Å². The van der Waals surface area contributed by atoms with Gasteiger partial charge in [0.05, 0.1) is 25.7 Å². The molecule has 0 spiro atoms. The highest BCUT2D eigenvalue weighted by molar-refractivity contribution is 5.79. The van der Waals surface area contributed by atoms with Crippen molar-refractivity contribution >= 4 is 11.6 Å². The lowest BCUT2D eigenvalue weighted by molar-refractivity contribution is -0.133. The van der Waals surface area contributed by atoms with Gasteiger partial charge in [0.25, 0.3) is 0 Å². The number of anilines is 1. The fourth-order valence-corrected chi connectivity index (χ4v) is 4.86. The molecule has 5 rings (SSSR count). The summed E-state index contributed by atoms with van der Waals surface area (Å²) >= 11 is 0. The first-order valence-electron chi connectivity index (χ1n) is 12.5. The summed E-state index contributed by atoms with van der Waals surface area (Å²) in [6.45, 7) is 2.21. The van der Waals surface area contributed by atoms with E-state index < -0.39 is 0 Å². The van der Waals surface area contributed by atoms with Crippen molar-refractivity contribution in [2.75, 3.05) is 31.6 Å². The number of hydrogen-bond acceptors (Lipinski definition) is 5. The Morgan fingerprint density at radius 3 is 2.54 bits per heavy atom. The lowest BCUT2D eigenvalue weighted by atomic mass is 9.96. The van der Waals surface area contributed by atoms with Crippen molar-refractivity contribution < 1.29 is 14.3 Å². The number of carbonyl (C=O) groups excluding carboxylic acids is 1. The van der Waals surface area contributed by atoms with E-state index in [2.05, 4.69) is 46.3 Å². The Morgan fingerprint density at radius 1 is 1.00 bits per heavy atom. The van der Waals surface area contributed by atoms with E-state index >= 15 is 0 Å². The number of piperazine rings is 1. The van der Waals surface area contributed by atoms with Gasteiger partial charge in [-0.2, -0.15) is 0 Å². The normalized spacial score (nSPS) is 18.1. The van der Waals surface area contributed by atoms with E-state index in [1.54, 1.807) is 13.3 Å². The van der Waals surface area contributed by atoms with Crippen LogP contribution in [0.25, 0.3) is 0 Å². The average molecular weight is 472 g/mol. The molecule has 6 heteroatoms. The van der Waals surface area contributed by atoms with Crippen LogP contribution in [0.15, 0.2) is 72.9 Å². The van der Waals surface area contributed by atoms with Gasteiger partial charge in [-0.25, -0.2) is 0 Å². The highest BCUT2D eigenvalue weighted by Crippen LogP contribution is 2.36. The molecule has 6 nitrogen and oxygen atoms in total. The van der Waals surface area contributed by atoms with Gasteiger partial charge in [0.2, 0.25) is 5.91 Å². The van der Waals surface area contributed by atoms with Crippen LogP contribution in [0.3, 0.4) is 0 Å². The fourth-order valence-electron chi connectivity index (χ4n) is 4.86. The molecule has 0 bridgehead atoms. The zero-order valence-electron chi connectivity index (χ0n) is 20.3. The van der Waals surface area contributed by atoms with Crippen molar-refractivity contribution in [2.24, 2.45) is 0 Å². The smallest absolute Gasteiger partial charge is 0.228 e. The van der Waals surface area contributed by atoms with Crippen molar-refractivity contribution in [1.29, 1.82) is 0 Å². The Bertz CT molecular complexity index is 1120. The molecule has 182 valence electrons.